The van der Waals surface area contributed by atoms with E-state index >= 15 is 0 Å². The Balaban J connectivity index is 0.00000272. The number of hydrogen-bond donors (Lipinski definition) is 0. The van der Waals surface area contributed by atoms with Crippen LogP contribution in [0.5, 0.6) is 5.75 Å². The van der Waals surface area contributed by atoms with Gasteiger partial charge in [0, 0.05) is 28.8 Å². The third-order valence-electron chi connectivity index (χ3n) is 4.73. The highest BCUT2D eigenvalue weighted by atomic mass is 79.9. The lowest BCUT2D eigenvalue weighted by Gasteiger charge is -2.02. The second-order valence-electron chi connectivity index (χ2n) is 6.71. The molecule has 0 radical (unpaired) electrons. The van der Waals surface area contributed by atoms with Gasteiger partial charge in [-0.25, -0.2) is 14.3 Å². The average Bonchev–Trinajstić information content (AvgIpc) is 3.29. The molecule has 31 heavy (non-hydrogen) atoms. The summed E-state index contributed by atoms with van der Waals surface area (Å²) in [5.41, 5.74) is 3.37. The SMILES string of the molecule is COC(=O)c1cccc(C[n+]2ccc(-c3ncc(-c4ccc(OC)cc4)o3)cc2)c1.[Br-]. The third kappa shape index (κ3) is 5.19. The largest absolute Gasteiger partial charge is 1.00 e. The maximum absolute atomic E-state index is 11.7. The molecule has 2 aromatic heterocycles. The quantitative estimate of drug-likeness (QED) is 0.306. The lowest BCUT2D eigenvalue weighted by Crippen LogP contribution is -3.00. The molecular weight excluding hydrogens is 460 g/mol. The van der Waals surface area contributed by atoms with E-state index in [0.29, 0.717) is 23.8 Å². The molecular formula is C24H21BrN2O4. The summed E-state index contributed by atoms with van der Waals surface area (Å²) in [6.45, 7) is 0.633. The molecule has 2 aromatic carbocycles. The molecule has 0 atom stereocenters. The smallest absolute Gasteiger partial charge is 0.337 e. The summed E-state index contributed by atoms with van der Waals surface area (Å²) >= 11 is 0. The number of methoxy groups -OCH3 is 2. The van der Waals surface area contributed by atoms with Gasteiger partial charge in [0.25, 0.3) is 0 Å². The molecule has 0 aliphatic rings. The number of benzene rings is 2. The van der Waals surface area contributed by atoms with Crippen LogP contribution >= 0.6 is 0 Å². The van der Waals surface area contributed by atoms with E-state index in [-0.39, 0.29) is 23.0 Å². The number of carbonyl (C=O) groups excluding carboxylic acids is 1. The summed E-state index contributed by atoms with van der Waals surface area (Å²) < 4.78 is 17.9. The fraction of sp³-hybridized carbons (Fsp3) is 0.125. The monoisotopic (exact) mass is 480 g/mol. The Morgan fingerprint density at radius 2 is 1.74 bits per heavy atom. The van der Waals surface area contributed by atoms with E-state index in [1.807, 2.05) is 71.6 Å². The van der Waals surface area contributed by atoms with E-state index in [9.17, 15) is 4.79 Å². The molecule has 0 amide bonds. The van der Waals surface area contributed by atoms with Gasteiger partial charge in [-0.1, -0.05) is 12.1 Å². The molecule has 0 saturated heterocycles. The summed E-state index contributed by atoms with van der Waals surface area (Å²) in [4.78, 5) is 16.1. The number of oxazole rings is 1. The van der Waals surface area contributed by atoms with Crippen molar-refractivity contribution in [1.82, 2.24) is 4.98 Å². The molecule has 4 aromatic rings. The van der Waals surface area contributed by atoms with Crippen molar-refractivity contribution < 1.29 is 40.2 Å². The molecule has 0 saturated carbocycles. The number of pyridine rings is 1. The maximum Gasteiger partial charge on any atom is 0.337 e. The predicted octanol–water partition coefficient (Wildman–Crippen LogP) is 1.14. The van der Waals surface area contributed by atoms with Crippen molar-refractivity contribution >= 4 is 5.97 Å². The van der Waals surface area contributed by atoms with E-state index in [1.54, 1.807) is 19.4 Å². The van der Waals surface area contributed by atoms with Crippen molar-refractivity contribution in [1.29, 1.82) is 0 Å². The normalized spacial score (nSPS) is 10.3. The highest BCUT2D eigenvalue weighted by Crippen LogP contribution is 2.26. The number of rotatable bonds is 6. The van der Waals surface area contributed by atoms with Gasteiger partial charge < -0.3 is 30.9 Å². The van der Waals surface area contributed by atoms with Crippen LogP contribution in [0.1, 0.15) is 15.9 Å². The van der Waals surface area contributed by atoms with Crippen LogP contribution in [0, 0.1) is 0 Å². The number of esters is 1. The Hall–Kier alpha value is -3.45. The first-order valence-electron chi connectivity index (χ1n) is 9.43. The Labute approximate surface area is 190 Å². The van der Waals surface area contributed by atoms with Crippen molar-refractivity contribution in [2.75, 3.05) is 14.2 Å². The Bertz CT molecular complexity index is 1150. The minimum atomic E-state index is -0.339. The van der Waals surface area contributed by atoms with Gasteiger partial charge in [0.2, 0.25) is 5.89 Å². The van der Waals surface area contributed by atoms with Crippen LogP contribution in [0.4, 0.5) is 0 Å². The number of aromatic nitrogens is 2. The lowest BCUT2D eigenvalue weighted by atomic mass is 10.1. The summed E-state index contributed by atoms with van der Waals surface area (Å²) in [7, 11) is 3.02. The highest BCUT2D eigenvalue weighted by Gasteiger charge is 2.12. The first kappa shape index (κ1) is 22.2. The van der Waals surface area contributed by atoms with Crippen LogP contribution in [0.2, 0.25) is 0 Å². The van der Waals surface area contributed by atoms with Crippen LogP contribution in [0.3, 0.4) is 0 Å². The molecule has 4 rings (SSSR count). The van der Waals surface area contributed by atoms with Gasteiger partial charge in [0.15, 0.2) is 24.7 Å². The van der Waals surface area contributed by atoms with Gasteiger partial charge in [0.1, 0.15) is 5.75 Å². The van der Waals surface area contributed by atoms with Gasteiger partial charge in [0.05, 0.1) is 26.0 Å². The van der Waals surface area contributed by atoms with Crippen molar-refractivity contribution in [2.24, 2.45) is 0 Å². The zero-order valence-corrected chi connectivity index (χ0v) is 18.7. The second kappa shape index (κ2) is 10.0. The number of nitrogens with zero attached hydrogens (tertiary/aromatic N) is 2. The lowest BCUT2D eigenvalue weighted by molar-refractivity contribution is -0.688. The zero-order valence-electron chi connectivity index (χ0n) is 17.1. The van der Waals surface area contributed by atoms with Gasteiger partial charge >= 0.3 is 5.97 Å². The molecule has 7 heteroatoms. The molecule has 158 valence electrons. The fourth-order valence-electron chi connectivity index (χ4n) is 3.13. The molecule has 0 N–H and O–H groups in total. The topological polar surface area (TPSA) is 65.4 Å². The molecule has 0 spiro atoms. The van der Waals surface area contributed by atoms with Crippen molar-refractivity contribution in [3.63, 3.8) is 0 Å². The number of ether oxygens (including phenoxy) is 2. The highest BCUT2D eigenvalue weighted by molar-refractivity contribution is 5.89. The molecule has 0 aliphatic heterocycles. The summed E-state index contributed by atoms with van der Waals surface area (Å²) in [6.07, 6.45) is 5.63. The van der Waals surface area contributed by atoms with Crippen molar-refractivity contribution in [2.45, 2.75) is 6.54 Å². The second-order valence-corrected chi connectivity index (χ2v) is 6.71. The van der Waals surface area contributed by atoms with Gasteiger partial charge in [-0.3, -0.25) is 0 Å². The van der Waals surface area contributed by atoms with Crippen molar-refractivity contribution in [3.05, 3.63) is 90.4 Å². The van der Waals surface area contributed by atoms with Crippen molar-refractivity contribution in [3.8, 4) is 28.5 Å². The average molecular weight is 481 g/mol. The molecule has 0 unspecified atom stereocenters. The molecule has 2 heterocycles. The van der Waals surface area contributed by atoms with E-state index in [4.69, 9.17) is 13.9 Å². The molecule has 0 aliphatic carbocycles. The molecule has 6 nitrogen and oxygen atoms in total. The Morgan fingerprint density at radius 3 is 2.42 bits per heavy atom. The van der Waals surface area contributed by atoms with Gasteiger partial charge in [-0.2, -0.15) is 0 Å². The minimum absolute atomic E-state index is 0. The Kier molecular flexibility index (Phi) is 7.20. The first-order chi connectivity index (χ1) is 14.7. The van der Waals surface area contributed by atoms with Crippen LogP contribution in [0.25, 0.3) is 22.8 Å². The number of carbonyl (C=O) groups is 1. The summed E-state index contributed by atoms with van der Waals surface area (Å²) in [6, 6.07) is 19.0. The first-order valence-corrected chi connectivity index (χ1v) is 9.43. The van der Waals surface area contributed by atoms with Crippen LogP contribution in [0.15, 0.2) is 83.7 Å². The van der Waals surface area contributed by atoms with Crippen LogP contribution in [-0.2, 0) is 11.3 Å². The Morgan fingerprint density at radius 1 is 1.00 bits per heavy atom. The summed E-state index contributed by atoms with van der Waals surface area (Å²) in [5.74, 6) is 1.71. The maximum atomic E-state index is 11.7. The number of halogens is 1. The van der Waals surface area contributed by atoms with Crippen LogP contribution < -0.4 is 26.3 Å². The van der Waals surface area contributed by atoms with Crippen LogP contribution in [-0.4, -0.2) is 25.2 Å². The molecule has 0 fully saturated rings. The van der Waals surface area contributed by atoms with E-state index in [0.717, 1.165) is 22.4 Å². The zero-order chi connectivity index (χ0) is 20.9. The van der Waals surface area contributed by atoms with Gasteiger partial charge in [-0.05, 0) is 36.4 Å². The van der Waals surface area contributed by atoms with Gasteiger partial charge in [-0.15, -0.1) is 0 Å². The van der Waals surface area contributed by atoms with E-state index < -0.39 is 0 Å². The standard InChI is InChI=1S/C24H21N2O4.BrH/c1-28-21-8-6-18(7-9-21)22-15-25-23(30-22)19-10-12-26(13-11-19)16-17-4-3-5-20(14-17)24(27)29-2;/h3-15H,16H2,1-2H3;1H/q+1;/p-1. The minimum Gasteiger partial charge on any atom is -1.00 e. The summed E-state index contributed by atoms with van der Waals surface area (Å²) in [5, 5.41) is 0. The predicted molar refractivity (Wildman–Crippen MR) is 111 cm³/mol. The number of hydrogen-bond acceptors (Lipinski definition) is 5. The third-order valence-corrected chi connectivity index (χ3v) is 4.73. The molecule has 0 bridgehead atoms. The fourth-order valence-corrected chi connectivity index (χ4v) is 3.13. The van der Waals surface area contributed by atoms with E-state index in [2.05, 4.69) is 4.98 Å². The van der Waals surface area contributed by atoms with E-state index in [1.165, 1.54) is 7.11 Å².